The van der Waals surface area contributed by atoms with Crippen LogP contribution in [0.15, 0.2) is 36.4 Å². The van der Waals surface area contributed by atoms with E-state index in [1.807, 2.05) is 0 Å². The number of carbonyl (C=O) groups excluding carboxylic acids is 3. The lowest BCUT2D eigenvalue weighted by Gasteiger charge is -2.14. The van der Waals surface area contributed by atoms with Gasteiger partial charge in [0.25, 0.3) is 0 Å². The van der Waals surface area contributed by atoms with E-state index >= 15 is 0 Å². The quantitative estimate of drug-likeness (QED) is 0.827. The van der Waals surface area contributed by atoms with Crippen molar-refractivity contribution in [2.75, 3.05) is 19.5 Å². The average molecular weight is 343 g/mol. The zero-order valence-electron chi connectivity index (χ0n) is 14.0. The molecule has 0 saturated carbocycles. The Hall–Kier alpha value is -3.35. The van der Waals surface area contributed by atoms with Crippen LogP contribution in [0.3, 0.4) is 0 Å². The topological polar surface area (TPSA) is 102 Å². The van der Waals surface area contributed by atoms with E-state index in [2.05, 4.69) is 10.1 Å². The number of amides is 1. The summed E-state index contributed by atoms with van der Waals surface area (Å²) in [5.41, 5.74) is 1.21. The highest BCUT2D eigenvalue weighted by atomic mass is 16.5. The molecule has 0 saturated heterocycles. The van der Waals surface area contributed by atoms with Crippen molar-refractivity contribution in [3.05, 3.63) is 47.5 Å². The largest absolute Gasteiger partial charge is 0.507 e. The van der Waals surface area contributed by atoms with Gasteiger partial charge in [-0.1, -0.05) is 12.1 Å². The number of ether oxygens (including phenoxy) is 2. The second-order valence-corrected chi connectivity index (χ2v) is 5.12. The first-order valence-corrected chi connectivity index (χ1v) is 7.29. The van der Waals surface area contributed by atoms with Crippen LogP contribution in [0.1, 0.15) is 27.6 Å². The Morgan fingerprint density at radius 1 is 0.880 bits per heavy atom. The van der Waals surface area contributed by atoms with E-state index in [1.54, 1.807) is 24.3 Å². The lowest BCUT2D eigenvalue weighted by Crippen LogP contribution is -2.13. The van der Waals surface area contributed by atoms with Gasteiger partial charge < -0.3 is 19.9 Å². The summed E-state index contributed by atoms with van der Waals surface area (Å²) in [5.74, 6) is -2.22. The molecule has 0 fully saturated rings. The molecule has 0 heterocycles. The Bertz CT molecular complexity index is 826. The van der Waals surface area contributed by atoms with Crippen LogP contribution in [0.4, 0.5) is 5.69 Å². The maximum Gasteiger partial charge on any atom is 0.342 e. The third-order valence-corrected chi connectivity index (χ3v) is 3.48. The summed E-state index contributed by atoms with van der Waals surface area (Å²) in [4.78, 5) is 35.3. The lowest BCUT2D eigenvalue weighted by molar-refractivity contribution is -0.114. The van der Waals surface area contributed by atoms with Gasteiger partial charge in [-0.3, -0.25) is 4.79 Å². The standard InChI is InChI=1S/C18H17NO6/c1-10(20)19-12-6-4-11(5-7-12)13-8-9-14(21)16(18(23)25-3)15(13)17(22)24-2/h4-9,21H,1-3H3,(H,19,20). The number of benzene rings is 2. The number of hydrogen-bond donors (Lipinski definition) is 2. The van der Waals surface area contributed by atoms with Gasteiger partial charge >= 0.3 is 11.9 Å². The molecule has 0 aromatic heterocycles. The molecule has 0 aliphatic rings. The second kappa shape index (κ2) is 7.48. The summed E-state index contributed by atoms with van der Waals surface area (Å²) >= 11 is 0. The molecule has 7 nitrogen and oxygen atoms in total. The summed E-state index contributed by atoms with van der Waals surface area (Å²) in [6.07, 6.45) is 0. The first kappa shape index (κ1) is 18.0. The molecule has 0 atom stereocenters. The molecular formula is C18H17NO6. The summed E-state index contributed by atoms with van der Waals surface area (Å²) in [5, 5.41) is 12.6. The summed E-state index contributed by atoms with van der Waals surface area (Å²) in [7, 11) is 2.33. The highest BCUT2D eigenvalue weighted by molar-refractivity contribution is 6.09. The van der Waals surface area contributed by atoms with Crippen molar-refractivity contribution in [2.45, 2.75) is 6.92 Å². The monoisotopic (exact) mass is 343 g/mol. The number of phenolic OH excluding ortho intramolecular Hbond substituents is 1. The van der Waals surface area contributed by atoms with Gasteiger partial charge in [-0.2, -0.15) is 0 Å². The van der Waals surface area contributed by atoms with E-state index < -0.39 is 11.9 Å². The van der Waals surface area contributed by atoms with Gasteiger partial charge in [0.15, 0.2) is 0 Å². The smallest absolute Gasteiger partial charge is 0.342 e. The summed E-state index contributed by atoms with van der Waals surface area (Å²) in [6, 6.07) is 9.46. The molecule has 0 unspecified atom stereocenters. The van der Waals surface area contributed by atoms with E-state index in [0.29, 0.717) is 16.8 Å². The Morgan fingerprint density at radius 2 is 1.44 bits per heavy atom. The van der Waals surface area contributed by atoms with Gasteiger partial charge in [0.2, 0.25) is 5.91 Å². The molecular weight excluding hydrogens is 326 g/mol. The Labute approximate surface area is 144 Å². The third kappa shape index (κ3) is 3.77. The Balaban J connectivity index is 2.62. The second-order valence-electron chi connectivity index (χ2n) is 5.12. The van der Waals surface area contributed by atoms with Gasteiger partial charge in [-0.15, -0.1) is 0 Å². The fraction of sp³-hybridized carbons (Fsp3) is 0.167. The minimum absolute atomic E-state index is 0.0957. The zero-order chi connectivity index (χ0) is 18.6. The van der Waals surface area contributed by atoms with Crippen LogP contribution in [-0.2, 0) is 14.3 Å². The van der Waals surface area contributed by atoms with Crippen LogP contribution < -0.4 is 5.32 Å². The molecule has 0 aliphatic heterocycles. The Kier molecular flexibility index (Phi) is 5.38. The van der Waals surface area contributed by atoms with Crippen molar-refractivity contribution < 1.29 is 29.0 Å². The average Bonchev–Trinajstić information content (AvgIpc) is 2.60. The predicted octanol–water partition coefficient (Wildman–Crippen LogP) is 2.59. The van der Waals surface area contributed by atoms with E-state index in [4.69, 9.17) is 4.74 Å². The van der Waals surface area contributed by atoms with Crippen molar-refractivity contribution >= 4 is 23.5 Å². The van der Waals surface area contributed by atoms with Gasteiger partial charge in [0.1, 0.15) is 11.3 Å². The van der Waals surface area contributed by atoms with Crippen LogP contribution >= 0.6 is 0 Å². The molecule has 130 valence electrons. The van der Waals surface area contributed by atoms with Gasteiger partial charge in [0.05, 0.1) is 19.8 Å². The fourth-order valence-corrected chi connectivity index (χ4v) is 2.39. The van der Waals surface area contributed by atoms with Crippen LogP contribution in [0.2, 0.25) is 0 Å². The molecule has 0 radical (unpaired) electrons. The predicted molar refractivity (Wildman–Crippen MR) is 90.5 cm³/mol. The van der Waals surface area contributed by atoms with Crippen molar-refractivity contribution in [1.82, 2.24) is 0 Å². The van der Waals surface area contributed by atoms with Gasteiger partial charge in [-0.05, 0) is 35.4 Å². The van der Waals surface area contributed by atoms with Crippen molar-refractivity contribution in [1.29, 1.82) is 0 Å². The molecule has 1 amide bonds. The SMILES string of the molecule is COC(=O)c1c(O)ccc(-c2ccc(NC(C)=O)cc2)c1C(=O)OC. The fourth-order valence-electron chi connectivity index (χ4n) is 2.39. The molecule has 0 bridgehead atoms. The van der Waals surface area contributed by atoms with Crippen LogP contribution in [0, 0.1) is 0 Å². The molecule has 2 N–H and O–H groups in total. The summed E-state index contributed by atoms with van der Waals surface area (Å²) < 4.78 is 9.40. The first-order valence-electron chi connectivity index (χ1n) is 7.29. The first-order chi connectivity index (χ1) is 11.9. The van der Waals surface area contributed by atoms with E-state index in [9.17, 15) is 19.5 Å². The molecule has 2 rings (SSSR count). The number of carbonyl (C=O) groups is 3. The maximum atomic E-state index is 12.2. The number of nitrogens with one attached hydrogen (secondary N) is 1. The lowest BCUT2D eigenvalue weighted by atomic mass is 9.94. The van der Waals surface area contributed by atoms with Crippen molar-refractivity contribution in [2.24, 2.45) is 0 Å². The van der Waals surface area contributed by atoms with Crippen LogP contribution in [0.25, 0.3) is 11.1 Å². The number of methoxy groups -OCH3 is 2. The molecule has 2 aromatic rings. The zero-order valence-corrected chi connectivity index (χ0v) is 14.0. The Morgan fingerprint density at radius 3 is 1.96 bits per heavy atom. The minimum atomic E-state index is -0.852. The van der Waals surface area contributed by atoms with Crippen molar-refractivity contribution in [3.8, 4) is 16.9 Å². The van der Waals surface area contributed by atoms with E-state index in [1.165, 1.54) is 26.2 Å². The molecule has 25 heavy (non-hydrogen) atoms. The summed E-state index contributed by atoms with van der Waals surface area (Å²) in [6.45, 7) is 1.39. The third-order valence-electron chi connectivity index (χ3n) is 3.48. The number of rotatable bonds is 4. The van der Waals surface area contributed by atoms with Crippen LogP contribution in [0.5, 0.6) is 5.75 Å². The molecule has 2 aromatic carbocycles. The van der Waals surface area contributed by atoms with Gasteiger partial charge in [0, 0.05) is 12.6 Å². The number of aromatic hydroxyl groups is 1. The normalized spacial score (nSPS) is 10.0. The van der Waals surface area contributed by atoms with E-state index in [0.717, 1.165) is 7.11 Å². The van der Waals surface area contributed by atoms with E-state index in [-0.39, 0.29) is 22.8 Å². The molecule has 0 spiro atoms. The minimum Gasteiger partial charge on any atom is -0.507 e. The highest BCUT2D eigenvalue weighted by Gasteiger charge is 2.26. The van der Waals surface area contributed by atoms with Gasteiger partial charge in [-0.25, -0.2) is 9.59 Å². The number of anilines is 1. The highest BCUT2D eigenvalue weighted by Crippen LogP contribution is 2.33. The molecule has 7 heteroatoms. The number of hydrogen-bond acceptors (Lipinski definition) is 6. The number of phenols is 1. The maximum absolute atomic E-state index is 12.2. The van der Waals surface area contributed by atoms with Crippen LogP contribution in [-0.4, -0.2) is 37.2 Å². The molecule has 0 aliphatic carbocycles. The van der Waals surface area contributed by atoms with Crippen molar-refractivity contribution in [3.63, 3.8) is 0 Å². The number of esters is 2.